The fraction of sp³-hybridized carbons (Fsp3) is 0.909. The van der Waals surface area contributed by atoms with Crippen LogP contribution in [0.25, 0.3) is 0 Å². The fourth-order valence-corrected chi connectivity index (χ4v) is 3.20. The lowest BCUT2D eigenvalue weighted by molar-refractivity contribution is -0.138. The molecule has 2 unspecified atom stereocenters. The highest BCUT2D eigenvalue weighted by Crippen LogP contribution is 2.51. The quantitative estimate of drug-likeness (QED) is 0.510. The van der Waals surface area contributed by atoms with Crippen LogP contribution in [0.4, 0.5) is 0 Å². The summed E-state index contributed by atoms with van der Waals surface area (Å²) in [6.45, 7) is 11.9. The lowest BCUT2D eigenvalue weighted by atomic mass is 10.2. The van der Waals surface area contributed by atoms with Gasteiger partial charge in [-0.15, -0.1) is 11.8 Å². The number of hydrogen-bond donors (Lipinski definition) is 0. The van der Waals surface area contributed by atoms with Crippen molar-refractivity contribution in [3.8, 4) is 0 Å². The van der Waals surface area contributed by atoms with Gasteiger partial charge in [0.1, 0.15) is 5.60 Å². The number of thioether (sulfide) groups is 1. The van der Waals surface area contributed by atoms with Crippen molar-refractivity contribution in [2.75, 3.05) is 12.3 Å². The van der Waals surface area contributed by atoms with Gasteiger partial charge < -0.3 is 4.74 Å². The second-order valence-corrected chi connectivity index (χ2v) is 6.58. The maximum atomic E-state index is 9.60. The molecule has 0 amide bonds. The van der Waals surface area contributed by atoms with Crippen molar-refractivity contribution in [3.63, 3.8) is 0 Å². The Balaban J connectivity index is 0.000000153. The summed E-state index contributed by atoms with van der Waals surface area (Å²) in [5.74, 6) is 1.36. The molecule has 2 aliphatic heterocycles. The smallest absolute Gasteiger partial charge is 0.293 e. The normalized spacial score (nSPS) is 31.0. The number of rotatable bonds is 1. The van der Waals surface area contributed by atoms with Crippen LogP contribution < -0.4 is 0 Å². The zero-order valence-corrected chi connectivity index (χ0v) is 11.1. The van der Waals surface area contributed by atoms with Gasteiger partial charge in [0.25, 0.3) is 6.47 Å². The molecule has 2 heterocycles. The predicted molar refractivity (Wildman–Crippen MR) is 63.9 cm³/mol. The third kappa shape index (κ3) is 3.38. The zero-order chi connectivity index (χ0) is 11.7. The maximum Gasteiger partial charge on any atom is 0.293 e. The minimum Gasteiger partial charge on any atom is -0.462 e. The molecule has 4 heteroatoms. The molecule has 0 bridgehead atoms. The van der Waals surface area contributed by atoms with Gasteiger partial charge in [-0.25, -0.2) is 0 Å². The van der Waals surface area contributed by atoms with Gasteiger partial charge in [0.15, 0.2) is 0 Å². The molecule has 0 spiro atoms. The number of carbonyl (C=O) groups excluding carboxylic acids is 1. The summed E-state index contributed by atoms with van der Waals surface area (Å²) in [6, 6.07) is 0. The van der Waals surface area contributed by atoms with E-state index in [0.717, 1.165) is 5.37 Å². The topological polar surface area (TPSA) is 29.3 Å². The first-order valence-corrected chi connectivity index (χ1v) is 6.34. The average Bonchev–Trinajstić information content (AvgIpc) is 2.50. The SMILES string of the molecule is CC(C)(C)OC=O.CC1(C)C2SCCN21. The van der Waals surface area contributed by atoms with Gasteiger partial charge in [-0.1, -0.05) is 0 Å². The highest BCUT2D eigenvalue weighted by Gasteiger charge is 2.58. The molecule has 0 aromatic carbocycles. The summed E-state index contributed by atoms with van der Waals surface area (Å²) in [7, 11) is 0. The average molecular weight is 231 g/mol. The minimum absolute atomic E-state index is 0.318. The molecule has 0 radical (unpaired) electrons. The van der Waals surface area contributed by atoms with Gasteiger partial charge in [0.05, 0.1) is 5.37 Å². The number of fused-ring (bicyclic) bond motifs is 1. The van der Waals surface area contributed by atoms with E-state index in [-0.39, 0.29) is 5.60 Å². The predicted octanol–water partition coefficient (Wildman–Crippen LogP) is 2.11. The summed E-state index contributed by atoms with van der Waals surface area (Å²) >= 11 is 2.10. The van der Waals surface area contributed by atoms with Crippen molar-refractivity contribution in [2.45, 2.75) is 51.1 Å². The summed E-state index contributed by atoms with van der Waals surface area (Å²) in [5, 5.41) is 0.877. The molecule has 0 N–H and O–H groups in total. The Hall–Kier alpha value is -0.220. The van der Waals surface area contributed by atoms with Crippen molar-refractivity contribution in [1.29, 1.82) is 0 Å². The van der Waals surface area contributed by atoms with Gasteiger partial charge in [0, 0.05) is 17.8 Å². The summed E-state index contributed by atoms with van der Waals surface area (Å²) in [5.41, 5.74) is 0.241. The molecule has 2 aliphatic rings. The molecule has 0 saturated carbocycles. The molecule has 2 atom stereocenters. The molecule has 2 fully saturated rings. The van der Waals surface area contributed by atoms with E-state index in [9.17, 15) is 4.79 Å². The first kappa shape index (κ1) is 12.8. The molecule has 0 aromatic rings. The van der Waals surface area contributed by atoms with Gasteiger partial charge in [-0.05, 0) is 34.6 Å². The number of ether oxygens (including phenoxy) is 1. The Kier molecular flexibility index (Phi) is 3.71. The Labute approximate surface area is 96.5 Å². The van der Waals surface area contributed by atoms with Crippen LogP contribution in [0.2, 0.25) is 0 Å². The molecule has 0 aromatic heterocycles. The van der Waals surface area contributed by atoms with E-state index in [1.807, 2.05) is 20.8 Å². The van der Waals surface area contributed by atoms with Crippen molar-refractivity contribution >= 4 is 18.2 Å². The molecule has 15 heavy (non-hydrogen) atoms. The van der Waals surface area contributed by atoms with Crippen LogP contribution in [0.5, 0.6) is 0 Å². The van der Waals surface area contributed by atoms with E-state index in [1.165, 1.54) is 12.3 Å². The van der Waals surface area contributed by atoms with E-state index in [4.69, 9.17) is 0 Å². The highest BCUT2D eigenvalue weighted by molar-refractivity contribution is 8.00. The third-order valence-electron chi connectivity index (χ3n) is 2.57. The third-order valence-corrected chi connectivity index (χ3v) is 4.13. The highest BCUT2D eigenvalue weighted by atomic mass is 32.2. The Morgan fingerprint density at radius 1 is 1.47 bits per heavy atom. The van der Waals surface area contributed by atoms with Gasteiger partial charge in [-0.2, -0.15) is 0 Å². The van der Waals surface area contributed by atoms with E-state index in [1.54, 1.807) is 0 Å². The molecule has 0 aliphatic carbocycles. The summed E-state index contributed by atoms with van der Waals surface area (Å²) in [6.07, 6.45) is 0. The second kappa shape index (κ2) is 4.34. The van der Waals surface area contributed by atoms with Crippen LogP contribution in [-0.4, -0.2) is 40.2 Å². The Bertz CT molecular complexity index is 223. The van der Waals surface area contributed by atoms with Gasteiger partial charge in [0.2, 0.25) is 0 Å². The maximum absolute atomic E-state index is 9.60. The van der Waals surface area contributed by atoms with Crippen molar-refractivity contribution in [2.24, 2.45) is 0 Å². The molecule has 2 saturated heterocycles. The standard InChI is InChI=1S/C6H11NS.C5H10O2/c1-6(2)5-7(6)3-4-8-5;1-5(2,3)7-4-6/h5H,3-4H2,1-2H3;4H,1-3H3. The van der Waals surface area contributed by atoms with Crippen LogP contribution in [0.3, 0.4) is 0 Å². The molecule has 88 valence electrons. The monoisotopic (exact) mass is 231 g/mol. The minimum atomic E-state index is -0.318. The molecular formula is C11H21NO2S. The van der Waals surface area contributed by atoms with E-state index >= 15 is 0 Å². The first-order chi connectivity index (χ1) is 6.79. The Morgan fingerprint density at radius 3 is 2.20 bits per heavy atom. The number of nitrogens with zero attached hydrogens (tertiary/aromatic N) is 1. The van der Waals surface area contributed by atoms with E-state index in [2.05, 4.69) is 35.2 Å². The largest absolute Gasteiger partial charge is 0.462 e. The summed E-state index contributed by atoms with van der Waals surface area (Å²) < 4.78 is 4.55. The van der Waals surface area contributed by atoms with Crippen LogP contribution in [-0.2, 0) is 9.53 Å². The van der Waals surface area contributed by atoms with Crippen molar-refractivity contribution in [1.82, 2.24) is 4.90 Å². The van der Waals surface area contributed by atoms with Crippen molar-refractivity contribution < 1.29 is 9.53 Å². The zero-order valence-electron chi connectivity index (χ0n) is 10.2. The van der Waals surface area contributed by atoms with Crippen molar-refractivity contribution in [3.05, 3.63) is 0 Å². The number of carbonyl (C=O) groups is 1. The Morgan fingerprint density at radius 2 is 2.07 bits per heavy atom. The lowest BCUT2D eigenvalue weighted by Crippen LogP contribution is -2.17. The van der Waals surface area contributed by atoms with Crippen LogP contribution in [0.15, 0.2) is 0 Å². The molecular weight excluding hydrogens is 210 g/mol. The van der Waals surface area contributed by atoms with E-state index < -0.39 is 0 Å². The van der Waals surface area contributed by atoms with Gasteiger partial charge >= 0.3 is 0 Å². The fourth-order valence-electron chi connectivity index (χ4n) is 1.63. The summed E-state index contributed by atoms with van der Waals surface area (Å²) in [4.78, 5) is 12.2. The second-order valence-electron chi connectivity index (χ2n) is 5.40. The van der Waals surface area contributed by atoms with Gasteiger partial charge in [-0.3, -0.25) is 9.69 Å². The number of hydrogen-bond acceptors (Lipinski definition) is 4. The van der Waals surface area contributed by atoms with E-state index in [0.29, 0.717) is 12.0 Å². The first-order valence-electron chi connectivity index (χ1n) is 5.29. The molecule has 3 nitrogen and oxygen atoms in total. The molecule has 2 rings (SSSR count). The van der Waals surface area contributed by atoms with Crippen LogP contribution in [0, 0.1) is 0 Å². The van der Waals surface area contributed by atoms with Crippen LogP contribution >= 0.6 is 11.8 Å². The van der Waals surface area contributed by atoms with Crippen LogP contribution in [0.1, 0.15) is 34.6 Å². The lowest BCUT2D eigenvalue weighted by Gasteiger charge is -2.14.